The van der Waals surface area contributed by atoms with Crippen LogP contribution in [-0.4, -0.2) is 47.2 Å². The highest BCUT2D eigenvalue weighted by Gasteiger charge is 2.35. The minimum Gasteiger partial charge on any atom is -0.339 e. The summed E-state index contributed by atoms with van der Waals surface area (Å²) in [7, 11) is 0. The Labute approximate surface area is 157 Å². The Balaban J connectivity index is 1.31. The molecule has 1 aliphatic carbocycles. The van der Waals surface area contributed by atoms with Gasteiger partial charge < -0.3 is 4.90 Å². The molecule has 1 fully saturated rings. The van der Waals surface area contributed by atoms with Gasteiger partial charge in [-0.1, -0.05) is 11.6 Å². The smallest absolute Gasteiger partial charge is 0.261 e. The maximum atomic E-state index is 13.3. The lowest BCUT2D eigenvalue weighted by Crippen LogP contribution is -2.41. The molecule has 142 valence electrons. The molecule has 1 saturated heterocycles. The number of likely N-dealkylation sites (tertiary alicyclic amines) is 1. The number of benzene rings is 1. The number of hydrogen-bond donors (Lipinski definition) is 0. The molecule has 0 bridgehead atoms. The summed E-state index contributed by atoms with van der Waals surface area (Å²) < 4.78 is 13.3. The lowest BCUT2D eigenvalue weighted by atomic mass is 9.82. The van der Waals surface area contributed by atoms with Crippen molar-refractivity contribution in [3.63, 3.8) is 0 Å². The Kier molecular flexibility index (Phi) is 4.81. The Morgan fingerprint density at radius 2 is 1.96 bits per heavy atom. The quantitative estimate of drug-likeness (QED) is 0.604. The van der Waals surface area contributed by atoms with Crippen LogP contribution in [0.4, 0.5) is 4.39 Å². The molecule has 3 aliphatic rings. The number of rotatable bonds is 4. The van der Waals surface area contributed by atoms with Crippen LogP contribution in [0, 0.1) is 11.7 Å². The van der Waals surface area contributed by atoms with E-state index in [-0.39, 0.29) is 23.6 Å². The number of carbonyl (C=O) groups is 3. The molecule has 0 N–H and O–H groups in total. The number of imide groups is 1. The highest BCUT2D eigenvalue weighted by molar-refractivity contribution is 6.21. The summed E-state index contributed by atoms with van der Waals surface area (Å²) >= 11 is 0. The molecule has 27 heavy (non-hydrogen) atoms. The first kappa shape index (κ1) is 17.9. The highest BCUT2D eigenvalue weighted by atomic mass is 19.1. The van der Waals surface area contributed by atoms with E-state index in [1.807, 2.05) is 4.90 Å². The molecule has 2 aliphatic heterocycles. The second kappa shape index (κ2) is 7.25. The van der Waals surface area contributed by atoms with Gasteiger partial charge in [-0.05, 0) is 56.2 Å². The molecule has 1 aromatic rings. The van der Waals surface area contributed by atoms with Gasteiger partial charge in [0.05, 0.1) is 11.1 Å². The lowest BCUT2D eigenvalue weighted by molar-refractivity contribution is -0.131. The minimum absolute atomic E-state index is 0.0718. The van der Waals surface area contributed by atoms with Gasteiger partial charge in [0.2, 0.25) is 5.91 Å². The second-order valence-corrected chi connectivity index (χ2v) is 7.57. The predicted octanol–water partition coefficient (Wildman–Crippen LogP) is 3.16. The standard InChI is InChI=1S/C21H23FN2O3/c22-16-7-8-17-18(12-16)21(27)24(20(17)26)10-3-6-19(25)23-11-9-14-4-1-2-5-15(14)13-23/h5,7-8,12,14H,1-4,6,9-11,13H2. The maximum absolute atomic E-state index is 13.3. The fourth-order valence-electron chi connectivity index (χ4n) is 4.36. The van der Waals surface area contributed by atoms with Crippen molar-refractivity contribution in [1.82, 2.24) is 9.80 Å². The van der Waals surface area contributed by atoms with E-state index in [1.54, 1.807) is 0 Å². The van der Waals surface area contributed by atoms with E-state index in [0.29, 0.717) is 18.8 Å². The van der Waals surface area contributed by atoms with E-state index < -0.39 is 17.6 Å². The summed E-state index contributed by atoms with van der Waals surface area (Å²) in [6.45, 7) is 1.68. The molecule has 4 rings (SSSR count). The van der Waals surface area contributed by atoms with Crippen LogP contribution in [0.5, 0.6) is 0 Å². The molecule has 6 heteroatoms. The fourth-order valence-corrected chi connectivity index (χ4v) is 4.36. The van der Waals surface area contributed by atoms with Crippen molar-refractivity contribution < 1.29 is 18.8 Å². The first-order valence-corrected chi connectivity index (χ1v) is 9.67. The topological polar surface area (TPSA) is 57.7 Å². The third-order valence-electron chi connectivity index (χ3n) is 5.87. The van der Waals surface area contributed by atoms with E-state index in [2.05, 4.69) is 6.08 Å². The van der Waals surface area contributed by atoms with Crippen LogP contribution in [0.15, 0.2) is 29.8 Å². The van der Waals surface area contributed by atoms with Crippen LogP contribution in [0.25, 0.3) is 0 Å². The Bertz CT molecular complexity index is 833. The largest absolute Gasteiger partial charge is 0.339 e. The van der Waals surface area contributed by atoms with Gasteiger partial charge in [-0.25, -0.2) is 4.39 Å². The molecule has 0 spiro atoms. The first-order valence-electron chi connectivity index (χ1n) is 9.67. The summed E-state index contributed by atoms with van der Waals surface area (Å²) in [5.74, 6) is -0.706. The van der Waals surface area contributed by atoms with Gasteiger partial charge in [0.15, 0.2) is 0 Å². The van der Waals surface area contributed by atoms with Crippen LogP contribution in [0.2, 0.25) is 0 Å². The fraction of sp³-hybridized carbons (Fsp3) is 0.476. The van der Waals surface area contributed by atoms with Crippen molar-refractivity contribution in [1.29, 1.82) is 0 Å². The van der Waals surface area contributed by atoms with E-state index in [0.717, 1.165) is 36.9 Å². The zero-order valence-electron chi connectivity index (χ0n) is 15.2. The van der Waals surface area contributed by atoms with Gasteiger partial charge >= 0.3 is 0 Å². The molecule has 0 saturated carbocycles. The van der Waals surface area contributed by atoms with Gasteiger partial charge in [-0.2, -0.15) is 0 Å². The lowest BCUT2D eigenvalue weighted by Gasteiger charge is -2.36. The van der Waals surface area contributed by atoms with Crippen LogP contribution in [0.3, 0.4) is 0 Å². The molecular weight excluding hydrogens is 347 g/mol. The summed E-state index contributed by atoms with van der Waals surface area (Å²) in [5.41, 5.74) is 1.74. The Hall–Kier alpha value is -2.50. The molecule has 2 heterocycles. The van der Waals surface area contributed by atoms with Crippen molar-refractivity contribution in [3.05, 3.63) is 46.8 Å². The van der Waals surface area contributed by atoms with Crippen molar-refractivity contribution >= 4 is 17.7 Å². The van der Waals surface area contributed by atoms with Crippen molar-refractivity contribution in [2.24, 2.45) is 5.92 Å². The van der Waals surface area contributed by atoms with Crippen molar-refractivity contribution in [2.75, 3.05) is 19.6 Å². The number of fused-ring (bicyclic) bond motifs is 2. The van der Waals surface area contributed by atoms with Crippen molar-refractivity contribution in [3.8, 4) is 0 Å². The number of amides is 3. The van der Waals surface area contributed by atoms with Crippen LogP contribution >= 0.6 is 0 Å². The zero-order chi connectivity index (χ0) is 19.0. The predicted molar refractivity (Wildman–Crippen MR) is 97.6 cm³/mol. The molecule has 1 aromatic carbocycles. The minimum atomic E-state index is -0.535. The average molecular weight is 370 g/mol. The summed E-state index contributed by atoms with van der Waals surface area (Å²) in [6.07, 6.45) is 7.62. The number of allylic oxidation sites excluding steroid dienone is 1. The number of nitrogens with zero attached hydrogens (tertiary/aromatic N) is 2. The summed E-state index contributed by atoms with van der Waals surface area (Å²) in [5, 5.41) is 0. The van der Waals surface area contributed by atoms with Gasteiger partial charge in [0.1, 0.15) is 5.82 Å². The number of hydrogen-bond acceptors (Lipinski definition) is 3. The van der Waals surface area contributed by atoms with Crippen LogP contribution in [0.1, 0.15) is 59.2 Å². The van der Waals surface area contributed by atoms with Gasteiger partial charge in [-0.15, -0.1) is 0 Å². The number of piperidine rings is 1. The highest BCUT2D eigenvalue weighted by Crippen LogP contribution is 2.32. The Morgan fingerprint density at radius 1 is 1.15 bits per heavy atom. The van der Waals surface area contributed by atoms with Crippen molar-refractivity contribution in [2.45, 2.75) is 38.5 Å². The zero-order valence-corrected chi connectivity index (χ0v) is 15.2. The normalized spacial score (nSPS) is 21.8. The molecular formula is C21H23FN2O3. The molecule has 5 nitrogen and oxygen atoms in total. The van der Waals surface area contributed by atoms with E-state index in [4.69, 9.17) is 0 Å². The SMILES string of the molecule is O=C(CCCN1C(=O)c2ccc(F)cc2C1=O)N1CCC2CCCC=C2C1. The van der Waals surface area contributed by atoms with E-state index >= 15 is 0 Å². The molecule has 0 radical (unpaired) electrons. The molecule has 3 amide bonds. The van der Waals surface area contributed by atoms with E-state index in [9.17, 15) is 18.8 Å². The first-order chi connectivity index (χ1) is 13.0. The van der Waals surface area contributed by atoms with Crippen LogP contribution < -0.4 is 0 Å². The van der Waals surface area contributed by atoms with Gasteiger partial charge in [0, 0.05) is 26.1 Å². The number of carbonyl (C=O) groups excluding carboxylic acids is 3. The van der Waals surface area contributed by atoms with E-state index in [1.165, 1.54) is 30.5 Å². The van der Waals surface area contributed by atoms with Gasteiger partial charge in [0.25, 0.3) is 11.8 Å². The van der Waals surface area contributed by atoms with Crippen LogP contribution in [-0.2, 0) is 4.79 Å². The monoisotopic (exact) mass is 370 g/mol. The molecule has 1 atom stereocenters. The summed E-state index contributed by atoms with van der Waals surface area (Å²) in [6, 6.07) is 3.63. The average Bonchev–Trinajstić information content (AvgIpc) is 2.91. The molecule has 1 unspecified atom stereocenters. The van der Waals surface area contributed by atoms with Gasteiger partial charge in [-0.3, -0.25) is 19.3 Å². The molecule has 0 aromatic heterocycles. The third kappa shape index (κ3) is 3.40. The Morgan fingerprint density at radius 3 is 2.81 bits per heavy atom. The maximum Gasteiger partial charge on any atom is 0.261 e. The summed E-state index contributed by atoms with van der Waals surface area (Å²) in [4.78, 5) is 40.2. The number of halogens is 1. The second-order valence-electron chi connectivity index (χ2n) is 7.57. The third-order valence-corrected chi connectivity index (χ3v) is 5.87.